The highest BCUT2D eigenvalue weighted by molar-refractivity contribution is 8.00. The standard InChI is InChI=1S/C46H44N2O2S3/c1-36(47-43(49)32-34-52-45(37-20-8-2-9-21-37,38-22-10-3-11-23-38)39-24-12-4-13-25-39)44(50)48(51)33-35-53-46(40-26-14-5-15-27-40,41-28-16-6-17-29-41)42-30-18-7-19-31-42/h2-31,36,51H,32-35H2,1H3,(H,47,49). The molecule has 2 amide bonds. The van der Waals surface area contributed by atoms with E-state index in [0.29, 0.717) is 18.1 Å². The second-order valence-corrected chi connectivity index (χ2v) is 15.9. The smallest absolute Gasteiger partial charge is 0.254 e. The van der Waals surface area contributed by atoms with E-state index in [9.17, 15) is 9.59 Å². The Labute approximate surface area is 328 Å². The van der Waals surface area contributed by atoms with Crippen LogP contribution in [0.25, 0.3) is 0 Å². The molecule has 7 heteroatoms. The second-order valence-electron chi connectivity index (χ2n) is 12.8. The molecule has 0 saturated carbocycles. The lowest BCUT2D eigenvalue weighted by Crippen LogP contribution is -2.44. The molecule has 53 heavy (non-hydrogen) atoms. The molecule has 1 atom stereocenters. The van der Waals surface area contributed by atoms with Crippen molar-refractivity contribution in [3.05, 3.63) is 215 Å². The topological polar surface area (TPSA) is 49.4 Å². The minimum absolute atomic E-state index is 0.172. The van der Waals surface area contributed by atoms with Gasteiger partial charge in [0.05, 0.1) is 9.49 Å². The molecule has 1 N–H and O–H groups in total. The first-order valence-electron chi connectivity index (χ1n) is 17.9. The molecule has 0 heterocycles. The van der Waals surface area contributed by atoms with E-state index in [1.165, 1.54) is 4.31 Å². The van der Waals surface area contributed by atoms with Gasteiger partial charge in [0, 0.05) is 24.5 Å². The van der Waals surface area contributed by atoms with Gasteiger partial charge in [0.15, 0.2) is 0 Å². The van der Waals surface area contributed by atoms with Crippen LogP contribution in [-0.2, 0) is 19.1 Å². The molecule has 0 aliphatic rings. The summed E-state index contributed by atoms with van der Waals surface area (Å²) in [4.78, 5) is 26.9. The van der Waals surface area contributed by atoms with E-state index in [1.54, 1.807) is 30.4 Å². The van der Waals surface area contributed by atoms with Crippen LogP contribution in [0.5, 0.6) is 0 Å². The Kier molecular flexibility index (Phi) is 13.2. The first-order valence-corrected chi connectivity index (χ1v) is 20.2. The predicted octanol–water partition coefficient (Wildman–Crippen LogP) is 10.0. The maximum atomic E-state index is 13.6. The van der Waals surface area contributed by atoms with Gasteiger partial charge in [0.2, 0.25) is 5.91 Å². The molecule has 6 aromatic carbocycles. The maximum absolute atomic E-state index is 13.6. The van der Waals surface area contributed by atoms with Gasteiger partial charge in [-0.25, -0.2) is 0 Å². The van der Waals surface area contributed by atoms with Gasteiger partial charge in [-0.05, 0) is 40.3 Å². The Balaban J connectivity index is 1.11. The molecule has 0 aromatic heterocycles. The minimum Gasteiger partial charge on any atom is -0.345 e. The van der Waals surface area contributed by atoms with Gasteiger partial charge in [-0.3, -0.25) is 13.9 Å². The van der Waals surface area contributed by atoms with E-state index in [1.807, 2.05) is 36.4 Å². The molecule has 4 nitrogen and oxygen atoms in total. The van der Waals surface area contributed by atoms with Gasteiger partial charge in [-0.2, -0.15) is 0 Å². The normalized spacial score (nSPS) is 12.1. The molecule has 0 spiro atoms. The molecule has 0 fully saturated rings. The van der Waals surface area contributed by atoms with Crippen LogP contribution in [-0.4, -0.2) is 40.2 Å². The van der Waals surface area contributed by atoms with Crippen molar-refractivity contribution in [2.45, 2.75) is 28.9 Å². The zero-order valence-electron chi connectivity index (χ0n) is 29.8. The number of carbonyl (C=O) groups excluding carboxylic acids is 2. The maximum Gasteiger partial charge on any atom is 0.254 e. The molecule has 0 saturated heterocycles. The van der Waals surface area contributed by atoms with Crippen molar-refractivity contribution in [3.63, 3.8) is 0 Å². The summed E-state index contributed by atoms with van der Waals surface area (Å²) >= 11 is 8.13. The van der Waals surface area contributed by atoms with Crippen LogP contribution in [0, 0.1) is 0 Å². The zero-order valence-corrected chi connectivity index (χ0v) is 32.3. The lowest BCUT2D eigenvalue weighted by Gasteiger charge is -2.36. The van der Waals surface area contributed by atoms with E-state index in [4.69, 9.17) is 0 Å². The number of nitrogens with one attached hydrogen (secondary N) is 1. The number of carbonyl (C=O) groups is 2. The highest BCUT2D eigenvalue weighted by Gasteiger charge is 2.38. The fraction of sp³-hybridized carbons (Fsp3) is 0.174. The van der Waals surface area contributed by atoms with Crippen molar-refractivity contribution in [3.8, 4) is 0 Å². The Hall–Kier alpha value is -4.69. The van der Waals surface area contributed by atoms with Gasteiger partial charge in [-0.1, -0.05) is 195 Å². The summed E-state index contributed by atoms with van der Waals surface area (Å²) < 4.78 is 0.427. The van der Waals surface area contributed by atoms with Crippen LogP contribution in [0.4, 0.5) is 0 Å². The number of thiol groups is 1. The lowest BCUT2D eigenvalue weighted by atomic mass is 9.84. The Bertz CT molecular complexity index is 1820. The molecule has 0 radical (unpaired) electrons. The minimum atomic E-state index is -0.723. The first kappa shape index (κ1) is 38.0. The van der Waals surface area contributed by atoms with Gasteiger partial charge >= 0.3 is 0 Å². The summed E-state index contributed by atoms with van der Waals surface area (Å²) in [5.74, 6) is 0.750. The van der Waals surface area contributed by atoms with Crippen LogP contribution in [0.1, 0.15) is 46.7 Å². The van der Waals surface area contributed by atoms with E-state index in [0.717, 1.165) is 33.4 Å². The number of rotatable bonds is 16. The van der Waals surface area contributed by atoms with E-state index < -0.39 is 15.5 Å². The first-order chi connectivity index (χ1) is 25.9. The van der Waals surface area contributed by atoms with Crippen molar-refractivity contribution >= 4 is 48.2 Å². The zero-order chi connectivity index (χ0) is 36.9. The van der Waals surface area contributed by atoms with Gasteiger partial charge in [0.25, 0.3) is 5.91 Å². The van der Waals surface area contributed by atoms with Crippen LogP contribution in [0.15, 0.2) is 182 Å². The molecule has 0 bridgehead atoms. The highest BCUT2D eigenvalue weighted by Crippen LogP contribution is 2.49. The molecule has 0 aliphatic heterocycles. The number of benzene rings is 6. The molecular formula is C46H44N2O2S3. The average molecular weight is 753 g/mol. The highest BCUT2D eigenvalue weighted by atomic mass is 32.2. The van der Waals surface area contributed by atoms with Crippen molar-refractivity contribution in [2.75, 3.05) is 18.1 Å². The van der Waals surface area contributed by atoms with E-state index >= 15 is 0 Å². The van der Waals surface area contributed by atoms with E-state index in [2.05, 4.69) is 164 Å². The Morgan fingerprint density at radius 1 is 0.528 bits per heavy atom. The third-order valence-corrected chi connectivity index (χ3v) is 12.8. The van der Waals surface area contributed by atoms with Crippen molar-refractivity contribution in [2.24, 2.45) is 0 Å². The Morgan fingerprint density at radius 3 is 1.11 bits per heavy atom. The monoisotopic (exact) mass is 752 g/mol. The number of hydrogen-bond acceptors (Lipinski definition) is 5. The largest absolute Gasteiger partial charge is 0.345 e. The Morgan fingerprint density at radius 2 is 0.811 bits per heavy atom. The van der Waals surface area contributed by atoms with Crippen LogP contribution >= 0.6 is 36.3 Å². The van der Waals surface area contributed by atoms with Crippen LogP contribution in [0.2, 0.25) is 0 Å². The molecule has 6 rings (SSSR count). The number of amides is 2. The fourth-order valence-electron chi connectivity index (χ4n) is 6.83. The van der Waals surface area contributed by atoms with Crippen LogP contribution < -0.4 is 5.32 Å². The van der Waals surface area contributed by atoms with Gasteiger partial charge in [0.1, 0.15) is 6.04 Å². The summed E-state index contributed by atoms with van der Waals surface area (Å²) in [6.45, 7) is 2.12. The second kappa shape index (κ2) is 18.4. The summed E-state index contributed by atoms with van der Waals surface area (Å²) in [5, 5.41) is 2.95. The van der Waals surface area contributed by atoms with Gasteiger partial charge in [-0.15, -0.1) is 23.5 Å². The molecule has 1 unspecified atom stereocenters. The van der Waals surface area contributed by atoms with E-state index in [-0.39, 0.29) is 18.2 Å². The summed E-state index contributed by atoms with van der Waals surface area (Å²) in [5.41, 5.74) is 6.92. The number of hydrogen-bond donors (Lipinski definition) is 2. The predicted molar refractivity (Wildman–Crippen MR) is 226 cm³/mol. The SMILES string of the molecule is CC(NC(=O)CCSC(c1ccccc1)(c1ccccc1)c1ccccc1)C(=O)N(S)CCSC(c1ccccc1)(c1ccccc1)c1ccccc1. The number of thioether (sulfide) groups is 2. The lowest BCUT2D eigenvalue weighted by molar-refractivity contribution is -0.131. The molecule has 0 aliphatic carbocycles. The van der Waals surface area contributed by atoms with Gasteiger partial charge < -0.3 is 5.32 Å². The quantitative estimate of drug-likeness (QED) is 0.0764. The average Bonchev–Trinajstić information content (AvgIpc) is 3.23. The van der Waals surface area contributed by atoms with Crippen molar-refractivity contribution in [1.82, 2.24) is 9.62 Å². The van der Waals surface area contributed by atoms with Crippen molar-refractivity contribution in [1.29, 1.82) is 0 Å². The third-order valence-electron chi connectivity index (χ3n) is 9.35. The number of nitrogens with zero attached hydrogens (tertiary/aromatic N) is 1. The third kappa shape index (κ3) is 8.76. The van der Waals surface area contributed by atoms with Crippen LogP contribution in [0.3, 0.4) is 0 Å². The molecular weight excluding hydrogens is 709 g/mol. The summed E-state index contributed by atoms with van der Waals surface area (Å²) in [7, 11) is 0. The summed E-state index contributed by atoms with van der Waals surface area (Å²) in [6, 6.07) is 62.1. The molecule has 268 valence electrons. The fourth-order valence-corrected chi connectivity index (χ4v) is 10.2. The summed E-state index contributed by atoms with van der Waals surface area (Å²) in [6.07, 6.45) is 0.257. The van der Waals surface area contributed by atoms with Crippen molar-refractivity contribution < 1.29 is 9.59 Å². The molecule has 6 aromatic rings.